The molecule has 0 bridgehead atoms. The second kappa shape index (κ2) is 8.42. The summed E-state index contributed by atoms with van der Waals surface area (Å²) in [6.45, 7) is 6.71. The van der Waals surface area contributed by atoms with Gasteiger partial charge in [-0.05, 0) is 45.4 Å². The number of hydrogen-bond acceptors (Lipinski definition) is 3. The topological polar surface area (TPSA) is 75.4 Å². The Labute approximate surface area is 126 Å². The molecule has 0 radical (unpaired) electrons. The molecule has 0 atom stereocenters. The van der Waals surface area contributed by atoms with Gasteiger partial charge >= 0.3 is 0 Å². The van der Waals surface area contributed by atoms with Crippen LogP contribution in [0.25, 0.3) is 0 Å². The van der Waals surface area contributed by atoms with Gasteiger partial charge < -0.3 is 16.0 Å². The van der Waals surface area contributed by atoms with Crippen LogP contribution in [-0.4, -0.2) is 42.4 Å². The van der Waals surface area contributed by atoms with E-state index >= 15 is 0 Å². The van der Waals surface area contributed by atoms with E-state index in [4.69, 9.17) is 5.73 Å². The monoisotopic (exact) mass is 291 g/mol. The van der Waals surface area contributed by atoms with Crippen molar-refractivity contribution in [1.82, 2.24) is 10.2 Å². The lowest BCUT2D eigenvalue weighted by molar-refractivity contribution is -0.122. The van der Waals surface area contributed by atoms with Crippen molar-refractivity contribution in [3.63, 3.8) is 0 Å². The minimum Gasteiger partial charge on any atom is -0.352 e. The average molecular weight is 291 g/mol. The van der Waals surface area contributed by atoms with E-state index in [0.29, 0.717) is 25.1 Å². The zero-order valence-corrected chi connectivity index (χ0v) is 13.1. The van der Waals surface area contributed by atoms with Crippen LogP contribution in [0.4, 0.5) is 0 Å². The SMILES string of the molecule is CCN(CC(=O)NC(C)C)C(=O)c1ccccc1CCN. The van der Waals surface area contributed by atoms with Gasteiger partial charge in [-0.2, -0.15) is 0 Å². The second-order valence-electron chi connectivity index (χ2n) is 5.24. The van der Waals surface area contributed by atoms with Crippen molar-refractivity contribution in [2.75, 3.05) is 19.6 Å². The zero-order valence-electron chi connectivity index (χ0n) is 13.1. The van der Waals surface area contributed by atoms with E-state index in [1.807, 2.05) is 39.0 Å². The summed E-state index contributed by atoms with van der Waals surface area (Å²) in [7, 11) is 0. The molecule has 0 aliphatic carbocycles. The molecular weight excluding hydrogens is 266 g/mol. The van der Waals surface area contributed by atoms with E-state index in [2.05, 4.69) is 5.32 Å². The Balaban J connectivity index is 2.86. The molecule has 0 unspecified atom stereocenters. The Kier molecular flexibility index (Phi) is 6.88. The van der Waals surface area contributed by atoms with Gasteiger partial charge in [0.1, 0.15) is 0 Å². The second-order valence-corrected chi connectivity index (χ2v) is 5.24. The molecule has 1 aromatic carbocycles. The highest BCUT2D eigenvalue weighted by Crippen LogP contribution is 2.12. The Hall–Kier alpha value is -1.88. The van der Waals surface area contributed by atoms with Crippen LogP contribution in [0, 0.1) is 0 Å². The van der Waals surface area contributed by atoms with Crippen LogP contribution >= 0.6 is 0 Å². The van der Waals surface area contributed by atoms with Crippen LogP contribution in [0.15, 0.2) is 24.3 Å². The van der Waals surface area contributed by atoms with Crippen molar-refractivity contribution in [2.24, 2.45) is 5.73 Å². The molecule has 0 saturated carbocycles. The van der Waals surface area contributed by atoms with E-state index in [1.165, 1.54) is 0 Å². The molecule has 5 heteroatoms. The molecule has 0 aliphatic heterocycles. The minimum absolute atomic E-state index is 0.0656. The van der Waals surface area contributed by atoms with Crippen molar-refractivity contribution >= 4 is 11.8 Å². The van der Waals surface area contributed by atoms with Crippen molar-refractivity contribution in [3.8, 4) is 0 Å². The number of likely N-dealkylation sites (N-methyl/N-ethyl adjacent to an activating group) is 1. The van der Waals surface area contributed by atoms with Crippen LogP contribution in [0.2, 0.25) is 0 Å². The third-order valence-electron chi connectivity index (χ3n) is 3.11. The molecule has 0 heterocycles. The van der Waals surface area contributed by atoms with Gasteiger partial charge in [-0.25, -0.2) is 0 Å². The summed E-state index contributed by atoms with van der Waals surface area (Å²) in [4.78, 5) is 26.0. The first-order valence-corrected chi connectivity index (χ1v) is 7.36. The number of carbonyl (C=O) groups is 2. The number of amides is 2. The summed E-state index contributed by atoms with van der Waals surface area (Å²) in [5.41, 5.74) is 7.14. The Bertz CT molecular complexity index is 486. The maximum Gasteiger partial charge on any atom is 0.254 e. The normalized spacial score (nSPS) is 10.5. The molecule has 0 saturated heterocycles. The van der Waals surface area contributed by atoms with Crippen molar-refractivity contribution in [2.45, 2.75) is 33.2 Å². The van der Waals surface area contributed by atoms with Gasteiger partial charge in [-0.15, -0.1) is 0 Å². The molecule has 0 spiro atoms. The molecule has 2 amide bonds. The maximum atomic E-state index is 12.6. The Morgan fingerprint density at radius 1 is 1.29 bits per heavy atom. The highest BCUT2D eigenvalue weighted by Gasteiger charge is 2.19. The molecule has 21 heavy (non-hydrogen) atoms. The first-order chi connectivity index (χ1) is 9.99. The summed E-state index contributed by atoms with van der Waals surface area (Å²) in [5, 5.41) is 2.80. The molecule has 0 fully saturated rings. The quantitative estimate of drug-likeness (QED) is 0.792. The number of rotatable bonds is 7. The molecular formula is C16H25N3O2. The molecule has 0 aromatic heterocycles. The Morgan fingerprint density at radius 2 is 1.95 bits per heavy atom. The van der Waals surface area contributed by atoms with E-state index in [9.17, 15) is 9.59 Å². The van der Waals surface area contributed by atoms with E-state index in [1.54, 1.807) is 11.0 Å². The first-order valence-electron chi connectivity index (χ1n) is 7.36. The lowest BCUT2D eigenvalue weighted by Crippen LogP contribution is -2.42. The zero-order chi connectivity index (χ0) is 15.8. The first kappa shape index (κ1) is 17.2. The van der Waals surface area contributed by atoms with Crippen LogP contribution in [-0.2, 0) is 11.2 Å². The van der Waals surface area contributed by atoms with Crippen LogP contribution < -0.4 is 11.1 Å². The fourth-order valence-corrected chi connectivity index (χ4v) is 2.14. The minimum atomic E-state index is -0.142. The Morgan fingerprint density at radius 3 is 2.52 bits per heavy atom. The molecule has 3 N–H and O–H groups in total. The number of nitrogens with one attached hydrogen (secondary N) is 1. The summed E-state index contributed by atoms with van der Waals surface area (Å²) < 4.78 is 0. The molecule has 0 aliphatic rings. The smallest absolute Gasteiger partial charge is 0.254 e. The third-order valence-corrected chi connectivity index (χ3v) is 3.11. The predicted molar refractivity (Wildman–Crippen MR) is 84.1 cm³/mol. The highest BCUT2D eigenvalue weighted by molar-refractivity contribution is 5.97. The van der Waals surface area contributed by atoms with Gasteiger partial charge in [0.25, 0.3) is 5.91 Å². The number of carbonyl (C=O) groups excluding carboxylic acids is 2. The standard InChI is InChI=1S/C16H25N3O2/c1-4-19(11-15(20)18-12(2)3)16(21)14-8-6-5-7-13(14)9-10-17/h5-8,12H,4,9-11,17H2,1-3H3,(H,18,20). The maximum absolute atomic E-state index is 12.6. The fourth-order valence-electron chi connectivity index (χ4n) is 2.14. The molecule has 116 valence electrons. The summed E-state index contributed by atoms with van der Waals surface area (Å²) in [6.07, 6.45) is 0.650. The van der Waals surface area contributed by atoms with Crippen molar-refractivity contribution in [3.05, 3.63) is 35.4 Å². The van der Waals surface area contributed by atoms with Gasteiger partial charge in [0, 0.05) is 18.2 Å². The molecule has 5 nitrogen and oxygen atoms in total. The van der Waals surface area contributed by atoms with Crippen LogP contribution in [0.3, 0.4) is 0 Å². The van der Waals surface area contributed by atoms with E-state index in [-0.39, 0.29) is 24.4 Å². The number of benzene rings is 1. The molecule has 1 rings (SSSR count). The largest absolute Gasteiger partial charge is 0.352 e. The van der Waals surface area contributed by atoms with Crippen LogP contribution in [0.5, 0.6) is 0 Å². The van der Waals surface area contributed by atoms with Gasteiger partial charge in [-0.1, -0.05) is 18.2 Å². The lowest BCUT2D eigenvalue weighted by atomic mass is 10.0. The van der Waals surface area contributed by atoms with Gasteiger partial charge in [0.2, 0.25) is 5.91 Å². The van der Waals surface area contributed by atoms with Gasteiger partial charge in [0.15, 0.2) is 0 Å². The highest BCUT2D eigenvalue weighted by atomic mass is 16.2. The number of nitrogens with zero attached hydrogens (tertiary/aromatic N) is 1. The number of nitrogens with two attached hydrogens (primary N) is 1. The van der Waals surface area contributed by atoms with Gasteiger partial charge in [0.05, 0.1) is 6.54 Å². The fraction of sp³-hybridized carbons (Fsp3) is 0.500. The summed E-state index contributed by atoms with van der Waals surface area (Å²) in [6, 6.07) is 7.48. The average Bonchev–Trinajstić information content (AvgIpc) is 2.44. The lowest BCUT2D eigenvalue weighted by Gasteiger charge is -2.22. The third kappa shape index (κ3) is 5.19. The van der Waals surface area contributed by atoms with Gasteiger partial charge in [-0.3, -0.25) is 9.59 Å². The van der Waals surface area contributed by atoms with Crippen LogP contribution in [0.1, 0.15) is 36.7 Å². The molecule has 1 aromatic rings. The predicted octanol–water partition coefficient (Wildman–Crippen LogP) is 1.17. The van der Waals surface area contributed by atoms with E-state index < -0.39 is 0 Å². The number of hydrogen-bond donors (Lipinski definition) is 2. The van der Waals surface area contributed by atoms with Crippen molar-refractivity contribution < 1.29 is 9.59 Å². The summed E-state index contributed by atoms with van der Waals surface area (Å²) >= 11 is 0. The van der Waals surface area contributed by atoms with Crippen molar-refractivity contribution in [1.29, 1.82) is 0 Å². The van der Waals surface area contributed by atoms with E-state index in [0.717, 1.165) is 5.56 Å². The summed E-state index contributed by atoms with van der Waals surface area (Å²) in [5.74, 6) is -0.267.